The van der Waals surface area contributed by atoms with E-state index in [2.05, 4.69) is 4.98 Å². The molecule has 2 atom stereocenters. The topological polar surface area (TPSA) is 30.0 Å². The molecule has 0 radical (unpaired) electrons. The fourth-order valence-corrected chi connectivity index (χ4v) is 1.49. The lowest BCUT2D eigenvalue weighted by molar-refractivity contribution is -0.123. The third kappa shape index (κ3) is 1.54. The van der Waals surface area contributed by atoms with Gasteiger partial charge in [0.1, 0.15) is 12.0 Å². The second-order valence-electron chi connectivity index (χ2n) is 4.05. The fourth-order valence-electron chi connectivity index (χ4n) is 1.49. The number of ketones is 1. The first kappa shape index (κ1) is 9.31. The maximum Gasteiger partial charge on any atom is 0.146 e. The molecule has 0 saturated heterocycles. The van der Waals surface area contributed by atoms with E-state index in [-0.39, 0.29) is 5.78 Å². The molecule has 3 heteroatoms. The number of Topliss-reactive ketones (excluding diaryl/α,β-unsaturated/α-hetero) is 1. The Hall–Kier alpha value is -1.25. The molecule has 0 aliphatic heterocycles. The van der Waals surface area contributed by atoms with Crippen molar-refractivity contribution in [3.8, 4) is 0 Å². The molecule has 0 N–H and O–H groups in total. The summed E-state index contributed by atoms with van der Waals surface area (Å²) in [5, 5.41) is 0. The summed E-state index contributed by atoms with van der Waals surface area (Å²) >= 11 is 0. The van der Waals surface area contributed by atoms with Crippen LogP contribution in [0.5, 0.6) is 0 Å². The predicted octanol–water partition coefficient (Wildman–Crippen LogP) is 1.94. The van der Waals surface area contributed by atoms with E-state index in [4.69, 9.17) is 0 Å². The SMILES string of the molecule is CC1(C(=O)Cc2cccnc2)CC1F. The highest BCUT2D eigenvalue weighted by Crippen LogP contribution is 2.49. The van der Waals surface area contributed by atoms with Crippen LogP contribution < -0.4 is 0 Å². The number of pyridine rings is 1. The lowest BCUT2D eigenvalue weighted by Crippen LogP contribution is -2.17. The first-order chi connectivity index (χ1) is 6.63. The largest absolute Gasteiger partial charge is 0.299 e. The van der Waals surface area contributed by atoms with Crippen molar-refractivity contribution < 1.29 is 9.18 Å². The molecular weight excluding hydrogens is 181 g/mol. The van der Waals surface area contributed by atoms with Crippen molar-refractivity contribution in [2.45, 2.75) is 25.9 Å². The Morgan fingerprint density at radius 1 is 1.79 bits per heavy atom. The molecule has 74 valence electrons. The quantitative estimate of drug-likeness (QED) is 0.734. The van der Waals surface area contributed by atoms with Crippen LogP contribution in [0.4, 0.5) is 4.39 Å². The summed E-state index contributed by atoms with van der Waals surface area (Å²) in [6.07, 6.45) is 3.05. The van der Waals surface area contributed by atoms with Crippen molar-refractivity contribution in [1.82, 2.24) is 4.98 Å². The van der Waals surface area contributed by atoms with Crippen LogP contribution in [0.25, 0.3) is 0 Å². The first-order valence-corrected chi connectivity index (χ1v) is 4.69. The van der Waals surface area contributed by atoms with Crippen LogP contribution in [0, 0.1) is 5.41 Å². The van der Waals surface area contributed by atoms with Crippen LogP contribution in [-0.4, -0.2) is 16.9 Å². The van der Waals surface area contributed by atoms with Crippen molar-refractivity contribution in [2.24, 2.45) is 5.41 Å². The van der Waals surface area contributed by atoms with Crippen LogP contribution in [0.2, 0.25) is 0 Å². The number of rotatable bonds is 3. The minimum atomic E-state index is -0.938. The average Bonchev–Trinajstić information content (AvgIpc) is 2.78. The standard InChI is InChI=1S/C11H12FNO/c1-11(6-9(11)12)10(14)5-8-3-2-4-13-7-8/h2-4,7,9H,5-6H2,1H3. The number of carbonyl (C=O) groups excluding carboxylic acids is 1. The fraction of sp³-hybridized carbons (Fsp3) is 0.455. The molecule has 0 bridgehead atoms. The van der Waals surface area contributed by atoms with Gasteiger partial charge in [0.15, 0.2) is 0 Å². The van der Waals surface area contributed by atoms with E-state index >= 15 is 0 Å². The number of alkyl halides is 1. The number of hydrogen-bond donors (Lipinski definition) is 0. The number of halogens is 1. The minimum absolute atomic E-state index is 0.0157. The summed E-state index contributed by atoms with van der Waals surface area (Å²) in [5.41, 5.74) is 0.147. The van der Waals surface area contributed by atoms with Gasteiger partial charge in [0, 0.05) is 18.8 Å². The van der Waals surface area contributed by atoms with Gasteiger partial charge < -0.3 is 0 Å². The van der Waals surface area contributed by atoms with E-state index in [9.17, 15) is 9.18 Å². The van der Waals surface area contributed by atoms with Crippen LogP contribution >= 0.6 is 0 Å². The van der Waals surface area contributed by atoms with Crippen LogP contribution in [0.15, 0.2) is 24.5 Å². The van der Waals surface area contributed by atoms with Crippen molar-refractivity contribution in [3.05, 3.63) is 30.1 Å². The van der Waals surface area contributed by atoms with Gasteiger partial charge in [-0.05, 0) is 25.0 Å². The Morgan fingerprint density at radius 2 is 2.50 bits per heavy atom. The zero-order valence-corrected chi connectivity index (χ0v) is 8.03. The third-order valence-electron chi connectivity index (χ3n) is 2.86. The van der Waals surface area contributed by atoms with E-state index in [1.54, 1.807) is 25.4 Å². The normalized spacial score (nSPS) is 30.0. The summed E-state index contributed by atoms with van der Waals surface area (Å²) < 4.78 is 12.9. The molecule has 1 aliphatic rings. The zero-order chi connectivity index (χ0) is 10.2. The molecule has 0 aromatic carbocycles. The second kappa shape index (κ2) is 3.15. The Morgan fingerprint density at radius 3 is 3.00 bits per heavy atom. The summed E-state index contributed by atoms with van der Waals surface area (Å²) in [4.78, 5) is 15.6. The molecule has 2 unspecified atom stereocenters. The Bertz CT molecular complexity index is 352. The maximum absolute atomic E-state index is 12.9. The molecular formula is C11H12FNO. The molecule has 1 heterocycles. The van der Waals surface area contributed by atoms with Crippen molar-refractivity contribution in [1.29, 1.82) is 0 Å². The summed E-state index contributed by atoms with van der Waals surface area (Å²) in [7, 11) is 0. The van der Waals surface area contributed by atoms with Crippen molar-refractivity contribution in [3.63, 3.8) is 0 Å². The third-order valence-corrected chi connectivity index (χ3v) is 2.86. The molecule has 1 aliphatic carbocycles. The molecule has 1 fully saturated rings. The number of carbonyl (C=O) groups is 1. The van der Waals surface area contributed by atoms with Crippen LogP contribution in [-0.2, 0) is 11.2 Å². The first-order valence-electron chi connectivity index (χ1n) is 4.69. The van der Waals surface area contributed by atoms with E-state index < -0.39 is 11.6 Å². The zero-order valence-electron chi connectivity index (χ0n) is 8.03. The molecule has 1 aromatic rings. The van der Waals surface area contributed by atoms with Crippen LogP contribution in [0.3, 0.4) is 0 Å². The van der Waals surface area contributed by atoms with Gasteiger partial charge in [-0.1, -0.05) is 6.07 Å². The number of hydrogen-bond acceptors (Lipinski definition) is 2. The molecule has 2 rings (SSSR count). The van der Waals surface area contributed by atoms with Gasteiger partial charge >= 0.3 is 0 Å². The summed E-state index contributed by atoms with van der Waals surface area (Å²) in [5.74, 6) is -0.0157. The van der Waals surface area contributed by atoms with Gasteiger partial charge in [-0.3, -0.25) is 9.78 Å². The molecule has 14 heavy (non-hydrogen) atoms. The number of aromatic nitrogens is 1. The highest BCUT2D eigenvalue weighted by atomic mass is 19.1. The van der Waals surface area contributed by atoms with Gasteiger partial charge in [-0.25, -0.2) is 4.39 Å². The second-order valence-corrected chi connectivity index (χ2v) is 4.05. The van der Waals surface area contributed by atoms with Gasteiger partial charge in [-0.15, -0.1) is 0 Å². The van der Waals surface area contributed by atoms with Crippen molar-refractivity contribution >= 4 is 5.78 Å². The maximum atomic E-state index is 12.9. The van der Waals surface area contributed by atoms with E-state index in [0.29, 0.717) is 12.8 Å². The Kier molecular flexibility index (Phi) is 2.10. The smallest absolute Gasteiger partial charge is 0.146 e. The predicted molar refractivity (Wildman–Crippen MR) is 50.6 cm³/mol. The van der Waals surface area contributed by atoms with Gasteiger partial charge in [-0.2, -0.15) is 0 Å². The van der Waals surface area contributed by atoms with Gasteiger partial charge in [0.05, 0.1) is 5.41 Å². The Balaban J connectivity index is 2.03. The minimum Gasteiger partial charge on any atom is -0.299 e. The molecule has 1 saturated carbocycles. The lowest BCUT2D eigenvalue weighted by atomic mass is 9.98. The van der Waals surface area contributed by atoms with E-state index in [1.165, 1.54) is 0 Å². The molecule has 1 aromatic heterocycles. The highest BCUT2D eigenvalue weighted by Gasteiger charge is 2.56. The number of nitrogens with zero attached hydrogens (tertiary/aromatic N) is 1. The highest BCUT2D eigenvalue weighted by molar-refractivity contribution is 5.89. The monoisotopic (exact) mass is 193 g/mol. The molecule has 2 nitrogen and oxygen atoms in total. The Labute approximate surface area is 82.2 Å². The van der Waals surface area contributed by atoms with E-state index in [0.717, 1.165) is 5.56 Å². The van der Waals surface area contributed by atoms with Crippen molar-refractivity contribution in [2.75, 3.05) is 0 Å². The van der Waals surface area contributed by atoms with Gasteiger partial charge in [0.2, 0.25) is 0 Å². The molecule has 0 spiro atoms. The average molecular weight is 193 g/mol. The van der Waals surface area contributed by atoms with Gasteiger partial charge in [0.25, 0.3) is 0 Å². The van der Waals surface area contributed by atoms with Crippen LogP contribution in [0.1, 0.15) is 18.9 Å². The summed E-state index contributed by atoms with van der Waals surface area (Å²) in [6.45, 7) is 1.69. The lowest BCUT2D eigenvalue weighted by Gasteiger charge is -2.06. The van der Waals surface area contributed by atoms with E-state index in [1.807, 2.05) is 6.07 Å². The molecule has 0 amide bonds. The summed E-state index contributed by atoms with van der Waals surface area (Å²) in [6, 6.07) is 3.62.